The third kappa shape index (κ3) is 4.85. The number of hydrogen-bond acceptors (Lipinski definition) is 4. The number of aryl methyl sites for hydroxylation is 1. The number of amides is 1. The van der Waals surface area contributed by atoms with E-state index in [1.165, 1.54) is 6.08 Å². The Morgan fingerprint density at radius 1 is 0.969 bits per heavy atom. The molecule has 0 radical (unpaired) electrons. The average Bonchev–Trinajstić information content (AvgIpc) is 2.79. The molecule has 3 aromatic carbocycles. The fraction of sp³-hybridized carbons (Fsp3) is 0.0385. The Kier molecular flexibility index (Phi) is 6.29. The number of aromatic nitrogens is 1. The maximum Gasteiger partial charge on any atom is 0.336 e. The number of anilines is 1. The number of nitrogens with one attached hydrogen (secondary N) is 1. The Balaban J connectivity index is 1.56. The Morgan fingerprint density at radius 2 is 1.72 bits per heavy atom. The van der Waals surface area contributed by atoms with Gasteiger partial charge in [0.25, 0.3) is 5.91 Å². The van der Waals surface area contributed by atoms with E-state index < -0.39 is 5.97 Å². The summed E-state index contributed by atoms with van der Waals surface area (Å²) in [6.45, 7) is 1.79. The van der Waals surface area contributed by atoms with E-state index in [0.29, 0.717) is 21.8 Å². The van der Waals surface area contributed by atoms with Crippen LogP contribution in [0.15, 0.2) is 85.1 Å². The van der Waals surface area contributed by atoms with Crippen molar-refractivity contribution in [2.75, 3.05) is 5.32 Å². The van der Waals surface area contributed by atoms with E-state index in [-0.39, 0.29) is 17.2 Å². The van der Waals surface area contributed by atoms with Crippen molar-refractivity contribution in [1.29, 1.82) is 0 Å². The van der Waals surface area contributed by atoms with Crippen LogP contribution in [0.5, 0.6) is 5.75 Å². The molecule has 0 aliphatic carbocycles. The molecule has 0 fully saturated rings. The summed E-state index contributed by atoms with van der Waals surface area (Å²) in [6.07, 6.45) is 4.60. The zero-order chi connectivity index (χ0) is 22.5. The number of nitrogens with zero attached hydrogens (tertiary/aromatic N) is 1. The molecule has 0 atom stereocenters. The highest BCUT2D eigenvalue weighted by atomic mass is 35.5. The van der Waals surface area contributed by atoms with Crippen molar-refractivity contribution in [2.24, 2.45) is 0 Å². The van der Waals surface area contributed by atoms with Gasteiger partial charge in [0, 0.05) is 22.7 Å². The van der Waals surface area contributed by atoms with Crippen LogP contribution in [0.25, 0.3) is 17.0 Å². The number of hydrogen-bond donors (Lipinski definition) is 1. The lowest BCUT2D eigenvalue weighted by Gasteiger charge is -2.13. The molecule has 4 rings (SSSR count). The first-order valence-electron chi connectivity index (χ1n) is 9.91. The molecule has 0 unspecified atom stereocenters. The lowest BCUT2D eigenvalue weighted by atomic mass is 10.1. The molecule has 0 spiro atoms. The second-order valence-corrected chi connectivity index (χ2v) is 7.53. The van der Waals surface area contributed by atoms with Crippen LogP contribution in [0.4, 0.5) is 5.69 Å². The van der Waals surface area contributed by atoms with Gasteiger partial charge in [0.1, 0.15) is 5.75 Å². The van der Waals surface area contributed by atoms with Gasteiger partial charge in [-0.1, -0.05) is 54.1 Å². The van der Waals surface area contributed by atoms with Crippen LogP contribution >= 0.6 is 11.6 Å². The second kappa shape index (κ2) is 9.45. The summed E-state index contributed by atoms with van der Waals surface area (Å²) >= 11 is 5.88. The molecule has 5 nitrogen and oxygen atoms in total. The highest BCUT2D eigenvalue weighted by molar-refractivity contribution is 6.30. The van der Waals surface area contributed by atoms with Gasteiger partial charge in [-0.2, -0.15) is 0 Å². The van der Waals surface area contributed by atoms with Gasteiger partial charge in [-0.25, -0.2) is 4.79 Å². The van der Waals surface area contributed by atoms with Crippen LogP contribution in [-0.2, 0) is 4.79 Å². The Labute approximate surface area is 190 Å². The molecular formula is C26H19ClN2O3. The van der Waals surface area contributed by atoms with Crippen molar-refractivity contribution in [2.45, 2.75) is 6.92 Å². The summed E-state index contributed by atoms with van der Waals surface area (Å²) in [5.41, 5.74) is 3.03. The molecule has 0 saturated heterocycles. The normalized spacial score (nSPS) is 10.9. The molecule has 158 valence electrons. The summed E-state index contributed by atoms with van der Waals surface area (Å²) in [6, 6.07) is 21.5. The number of esters is 1. The first-order valence-corrected chi connectivity index (χ1v) is 10.3. The van der Waals surface area contributed by atoms with Gasteiger partial charge < -0.3 is 10.1 Å². The minimum atomic E-state index is -0.591. The molecule has 0 bridgehead atoms. The number of carbonyl (C=O) groups is 2. The summed E-state index contributed by atoms with van der Waals surface area (Å²) in [5, 5.41) is 4.42. The number of para-hydroxylation sites is 1. The number of halogens is 1. The minimum absolute atomic E-state index is 0.182. The summed E-state index contributed by atoms with van der Waals surface area (Å²) in [4.78, 5) is 29.9. The van der Waals surface area contributed by atoms with E-state index in [4.69, 9.17) is 16.3 Å². The van der Waals surface area contributed by atoms with Gasteiger partial charge >= 0.3 is 5.97 Å². The quantitative estimate of drug-likeness (QED) is 0.231. The summed E-state index contributed by atoms with van der Waals surface area (Å²) in [5.74, 6) is -0.793. The van der Waals surface area contributed by atoms with Crippen molar-refractivity contribution in [3.8, 4) is 5.75 Å². The van der Waals surface area contributed by atoms with E-state index in [0.717, 1.165) is 10.9 Å². The third-order valence-electron chi connectivity index (χ3n) is 4.83. The standard InChI is InChI=1S/C26H19ClN2O3/c1-17-5-2-9-22(32-23(30)15-12-18-10-13-20(27)14-11-18)24(17)26(31)29-21-8-3-6-19-7-4-16-28-25(19)21/h2-16H,1H3,(H,29,31)/b15-12+. The lowest BCUT2D eigenvalue weighted by Crippen LogP contribution is -2.17. The number of benzene rings is 3. The number of rotatable bonds is 5. The fourth-order valence-electron chi connectivity index (χ4n) is 3.29. The molecule has 1 aromatic heterocycles. The lowest BCUT2D eigenvalue weighted by molar-refractivity contribution is -0.128. The zero-order valence-electron chi connectivity index (χ0n) is 17.2. The van der Waals surface area contributed by atoms with Crippen LogP contribution in [0.2, 0.25) is 5.02 Å². The molecule has 32 heavy (non-hydrogen) atoms. The molecule has 0 aliphatic rings. The van der Waals surface area contributed by atoms with E-state index in [2.05, 4.69) is 10.3 Å². The number of carbonyl (C=O) groups excluding carboxylic acids is 2. The highest BCUT2D eigenvalue weighted by Gasteiger charge is 2.18. The maximum absolute atomic E-state index is 13.1. The van der Waals surface area contributed by atoms with Crippen LogP contribution in [0, 0.1) is 6.92 Å². The van der Waals surface area contributed by atoms with Gasteiger partial charge in [0.15, 0.2) is 0 Å². The van der Waals surface area contributed by atoms with Crippen molar-refractivity contribution >= 4 is 46.1 Å². The third-order valence-corrected chi connectivity index (χ3v) is 5.09. The summed E-state index contributed by atoms with van der Waals surface area (Å²) in [7, 11) is 0. The molecule has 1 N–H and O–H groups in total. The van der Waals surface area contributed by atoms with Gasteiger partial charge in [0.05, 0.1) is 16.8 Å². The Bertz CT molecular complexity index is 1330. The van der Waals surface area contributed by atoms with Crippen LogP contribution < -0.4 is 10.1 Å². The smallest absolute Gasteiger partial charge is 0.336 e. The van der Waals surface area contributed by atoms with Crippen LogP contribution in [0.1, 0.15) is 21.5 Å². The van der Waals surface area contributed by atoms with Crippen molar-refractivity contribution in [3.05, 3.63) is 107 Å². The van der Waals surface area contributed by atoms with Gasteiger partial charge in [-0.05, 0) is 54.5 Å². The molecule has 0 aliphatic heterocycles. The van der Waals surface area contributed by atoms with Gasteiger partial charge in [-0.3, -0.25) is 9.78 Å². The number of fused-ring (bicyclic) bond motifs is 1. The van der Waals surface area contributed by atoms with Crippen molar-refractivity contribution in [1.82, 2.24) is 4.98 Å². The zero-order valence-corrected chi connectivity index (χ0v) is 18.0. The predicted octanol–water partition coefficient (Wildman–Crippen LogP) is 6.07. The largest absolute Gasteiger partial charge is 0.423 e. The molecule has 1 amide bonds. The van der Waals surface area contributed by atoms with Gasteiger partial charge in [0.2, 0.25) is 0 Å². The molecule has 4 aromatic rings. The Morgan fingerprint density at radius 3 is 2.53 bits per heavy atom. The monoisotopic (exact) mass is 442 g/mol. The first kappa shape index (κ1) is 21.3. The average molecular weight is 443 g/mol. The topological polar surface area (TPSA) is 68.3 Å². The van der Waals surface area contributed by atoms with Crippen molar-refractivity contribution in [3.63, 3.8) is 0 Å². The van der Waals surface area contributed by atoms with Crippen LogP contribution in [0.3, 0.4) is 0 Å². The van der Waals surface area contributed by atoms with E-state index in [1.54, 1.807) is 67.7 Å². The molecule has 1 heterocycles. The SMILES string of the molecule is Cc1cccc(OC(=O)/C=C/c2ccc(Cl)cc2)c1C(=O)Nc1cccc2cccnc12. The molecule has 6 heteroatoms. The number of ether oxygens (including phenoxy) is 1. The molecule has 0 saturated carbocycles. The number of pyridine rings is 1. The predicted molar refractivity (Wildman–Crippen MR) is 127 cm³/mol. The highest BCUT2D eigenvalue weighted by Crippen LogP contribution is 2.26. The Hall–Kier alpha value is -3.96. The minimum Gasteiger partial charge on any atom is -0.423 e. The second-order valence-electron chi connectivity index (χ2n) is 7.09. The van der Waals surface area contributed by atoms with Gasteiger partial charge in [-0.15, -0.1) is 0 Å². The summed E-state index contributed by atoms with van der Waals surface area (Å²) < 4.78 is 5.49. The molecular weight excluding hydrogens is 424 g/mol. The van der Waals surface area contributed by atoms with Crippen molar-refractivity contribution < 1.29 is 14.3 Å². The maximum atomic E-state index is 13.1. The van der Waals surface area contributed by atoms with Crippen LogP contribution in [-0.4, -0.2) is 16.9 Å². The first-order chi connectivity index (χ1) is 15.5. The van der Waals surface area contributed by atoms with E-state index >= 15 is 0 Å². The van der Waals surface area contributed by atoms with E-state index in [1.807, 2.05) is 24.3 Å². The van der Waals surface area contributed by atoms with E-state index in [9.17, 15) is 9.59 Å². The fourth-order valence-corrected chi connectivity index (χ4v) is 3.41.